The highest BCUT2D eigenvalue weighted by molar-refractivity contribution is 6.06. The fraction of sp³-hybridized carbons (Fsp3) is 0.429. The molecule has 3 heterocycles. The number of carbonyl (C=O) groups is 2. The van der Waals surface area contributed by atoms with Crippen molar-refractivity contribution in [3.63, 3.8) is 0 Å². The highest BCUT2D eigenvalue weighted by atomic mass is 16.5. The third-order valence-corrected chi connectivity index (χ3v) is 7.38. The number of nitrogens with zero attached hydrogens (tertiary/aromatic N) is 1. The molecule has 2 aromatic carbocycles. The van der Waals surface area contributed by atoms with Crippen LogP contribution in [-0.4, -0.2) is 61.2 Å². The first-order valence-electron chi connectivity index (χ1n) is 12.6. The Bertz CT molecular complexity index is 1180. The standard InChI is InChI=1S/C28H33N3O4/c32-26-23-6-1-2-9-25(23)35-20-28(11-3-4-18-34-19-15-30-26)12-16-31(17-13-28)27(33)22-7-5-8-24-21(22)10-14-29-24/h1-2,5-10,14,29H,3-4,11-13,15-20H2,(H,30,32). The normalized spacial score (nSPS) is 19.4. The van der Waals surface area contributed by atoms with Gasteiger partial charge in [0.1, 0.15) is 5.75 Å². The number of piperidine rings is 1. The zero-order chi connectivity index (χ0) is 24.1. The zero-order valence-corrected chi connectivity index (χ0v) is 20.1. The fourth-order valence-corrected chi connectivity index (χ4v) is 5.24. The predicted octanol–water partition coefficient (Wildman–Crippen LogP) is 4.40. The summed E-state index contributed by atoms with van der Waals surface area (Å²) in [5.41, 5.74) is 2.24. The van der Waals surface area contributed by atoms with Gasteiger partial charge in [0.15, 0.2) is 0 Å². The molecule has 0 bridgehead atoms. The number of hydrogen-bond donors (Lipinski definition) is 2. The van der Waals surface area contributed by atoms with Gasteiger partial charge in [-0.05, 0) is 56.0 Å². The van der Waals surface area contributed by atoms with Crippen molar-refractivity contribution in [3.05, 3.63) is 65.9 Å². The molecule has 35 heavy (non-hydrogen) atoms. The topological polar surface area (TPSA) is 83.7 Å². The molecule has 7 heteroatoms. The number of aromatic nitrogens is 1. The lowest BCUT2D eigenvalue weighted by Gasteiger charge is -2.42. The maximum Gasteiger partial charge on any atom is 0.255 e. The average molecular weight is 476 g/mol. The first-order valence-corrected chi connectivity index (χ1v) is 12.6. The number of likely N-dealkylation sites (tertiary alicyclic amines) is 1. The van der Waals surface area contributed by atoms with Gasteiger partial charge in [0, 0.05) is 54.3 Å². The molecule has 0 saturated carbocycles. The Morgan fingerprint density at radius 2 is 1.80 bits per heavy atom. The van der Waals surface area contributed by atoms with E-state index in [1.807, 2.05) is 53.6 Å². The van der Waals surface area contributed by atoms with Gasteiger partial charge in [-0.2, -0.15) is 0 Å². The lowest BCUT2D eigenvalue weighted by Crippen LogP contribution is -2.45. The molecule has 1 aromatic heterocycles. The predicted molar refractivity (Wildman–Crippen MR) is 135 cm³/mol. The Labute approximate surface area is 205 Å². The molecule has 0 radical (unpaired) electrons. The molecule has 2 N–H and O–H groups in total. The quantitative estimate of drug-likeness (QED) is 0.547. The van der Waals surface area contributed by atoms with Crippen molar-refractivity contribution in [2.45, 2.75) is 32.1 Å². The first kappa shape index (κ1) is 23.4. The number of amides is 2. The van der Waals surface area contributed by atoms with Gasteiger partial charge in [-0.1, -0.05) is 24.6 Å². The number of nitrogens with one attached hydrogen (secondary N) is 2. The van der Waals surface area contributed by atoms with Crippen LogP contribution in [0.15, 0.2) is 54.7 Å². The largest absolute Gasteiger partial charge is 0.492 e. The lowest BCUT2D eigenvalue weighted by atomic mass is 9.75. The van der Waals surface area contributed by atoms with E-state index in [1.54, 1.807) is 6.07 Å². The highest BCUT2D eigenvalue weighted by Crippen LogP contribution is 2.38. The van der Waals surface area contributed by atoms with E-state index in [0.717, 1.165) is 48.6 Å². The van der Waals surface area contributed by atoms with E-state index in [0.29, 0.717) is 50.8 Å². The van der Waals surface area contributed by atoms with Crippen LogP contribution in [0.3, 0.4) is 0 Å². The van der Waals surface area contributed by atoms with Gasteiger partial charge in [-0.25, -0.2) is 0 Å². The molecule has 3 aromatic rings. The van der Waals surface area contributed by atoms with Gasteiger partial charge in [0.05, 0.1) is 18.8 Å². The number of para-hydroxylation sites is 1. The molecular formula is C28H33N3O4. The van der Waals surface area contributed by atoms with E-state index in [4.69, 9.17) is 9.47 Å². The van der Waals surface area contributed by atoms with Crippen molar-refractivity contribution in [3.8, 4) is 5.75 Å². The van der Waals surface area contributed by atoms with E-state index in [2.05, 4.69) is 10.3 Å². The van der Waals surface area contributed by atoms with E-state index >= 15 is 0 Å². The summed E-state index contributed by atoms with van der Waals surface area (Å²) < 4.78 is 12.0. The molecule has 1 fully saturated rings. The molecule has 7 nitrogen and oxygen atoms in total. The van der Waals surface area contributed by atoms with Crippen LogP contribution in [0, 0.1) is 5.41 Å². The summed E-state index contributed by atoms with van der Waals surface area (Å²) in [6.07, 6.45) is 6.66. The number of fused-ring (bicyclic) bond motifs is 2. The van der Waals surface area contributed by atoms with Crippen LogP contribution in [0.4, 0.5) is 0 Å². The number of benzene rings is 2. The molecule has 1 saturated heterocycles. The monoisotopic (exact) mass is 475 g/mol. The van der Waals surface area contributed by atoms with Gasteiger partial charge in [-0.3, -0.25) is 9.59 Å². The maximum atomic E-state index is 13.4. The van der Waals surface area contributed by atoms with Crippen molar-refractivity contribution < 1.29 is 19.1 Å². The average Bonchev–Trinajstić information content (AvgIpc) is 3.38. The first-order chi connectivity index (χ1) is 17.2. The third-order valence-electron chi connectivity index (χ3n) is 7.38. The van der Waals surface area contributed by atoms with Crippen LogP contribution in [0.5, 0.6) is 5.75 Å². The molecule has 2 amide bonds. The maximum absolute atomic E-state index is 13.4. The zero-order valence-electron chi connectivity index (χ0n) is 20.1. The van der Waals surface area contributed by atoms with E-state index in [1.165, 1.54) is 0 Å². The van der Waals surface area contributed by atoms with Crippen molar-refractivity contribution in [1.29, 1.82) is 0 Å². The Kier molecular flexibility index (Phi) is 7.04. The third kappa shape index (κ3) is 5.20. The smallest absolute Gasteiger partial charge is 0.255 e. The highest BCUT2D eigenvalue weighted by Gasteiger charge is 2.37. The molecule has 2 aliphatic heterocycles. The van der Waals surface area contributed by atoms with Gasteiger partial charge in [-0.15, -0.1) is 0 Å². The van der Waals surface area contributed by atoms with Gasteiger partial charge >= 0.3 is 0 Å². The van der Waals surface area contributed by atoms with Crippen LogP contribution in [0.2, 0.25) is 0 Å². The minimum absolute atomic E-state index is 0.0371. The van der Waals surface area contributed by atoms with Crippen LogP contribution < -0.4 is 10.1 Å². The van der Waals surface area contributed by atoms with Crippen LogP contribution in [-0.2, 0) is 4.74 Å². The van der Waals surface area contributed by atoms with Gasteiger partial charge in [0.25, 0.3) is 11.8 Å². The Morgan fingerprint density at radius 1 is 0.943 bits per heavy atom. The van der Waals surface area contributed by atoms with Gasteiger partial charge in [0.2, 0.25) is 0 Å². The molecule has 184 valence electrons. The molecular weight excluding hydrogens is 442 g/mol. The summed E-state index contributed by atoms with van der Waals surface area (Å²) in [4.78, 5) is 31.2. The van der Waals surface area contributed by atoms with Crippen LogP contribution >= 0.6 is 0 Å². The number of rotatable bonds is 1. The molecule has 0 atom stereocenters. The number of carbonyl (C=O) groups excluding carboxylic acids is 2. The lowest BCUT2D eigenvalue weighted by molar-refractivity contribution is 0.0342. The van der Waals surface area contributed by atoms with E-state index in [-0.39, 0.29) is 17.2 Å². The van der Waals surface area contributed by atoms with Crippen LogP contribution in [0.1, 0.15) is 52.8 Å². The van der Waals surface area contributed by atoms with Crippen molar-refractivity contribution >= 4 is 22.7 Å². The second kappa shape index (κ2) is 10.5. The SMILES string of the molecule is O=C1NCCOCCCCC2(CCN(C(=O)c3cccc4[nH]ccc34)CC2)COc2ccccc21. The minimum Gasteiger partial charge on any atom is -0.492 e. The summed E-state index contributed by atoms with van der Waals surface area (Å²) in [6.45, 7) is 3.61. The Balaban J connectivity index is 1.31. The Morgan fingerprint density at radius 3 is 2.69 bits per heavy atom. The van der Waals surface area contributed by atoms with Gasteiger partial charge < -0.3 is 24.7 Å². The summed E-state index contributed by atoms with van der Waals surface area (Å²) >= 11 is 0. The van der Waals surface area contributed by atoms with Crippen molar-refractivity contribution in [2.24, 2.45) is 5.41 Å². The van der Waals surface area contributed by atoms with Crippen LogP contribution in [0.25, 0.3) is 10.9 Å². The summed E-state index contributed by atoms with van der Waals surface area (Å²) in [6, 6.07) is 15.2. The number of aromatic amines is 1. The van der Waals surface area contributed by atoms with Crippen molar-refractivity contribution in [1.82, 2.24) is 15.2 Å². The fourth-order valence-electron chi connectivity index (χ4n) is 5.24. The molecule has 5 rings (SSSR count). The minimum atomic E-state index is -0.144. The second-order valence-electron chi connectivity index (χ2n) is 9.65. The summed E-state index contributed by atoms with van der Waals surface area (Å²) in [7, 11) is 0. The van der Waals surface area contributed by atoms with E-state index < -0.39 is 0 Å². The summed E-state index contributed by atoms with van der Waals surface area (Å²) in [5, 5.41) is 3.88. The summed E-state index contributed by atoms with van der Waals surface area (Å²) in [5.74, 6) is 0.553. The second-order valence-corrected chi connectivity index (χ2v) is 9.65. The molecule has 0 aliphatic carbocycles. The Hall–Kier alpha value is -3.32. The molecule has 2 aliphatic rings. The number of hydrogen-bond acceptors (Lipinski definition) is 4. The molecule has 0 unspecified atom stereocenters. The molecule has 1 spiro atoms. The van der Waals surface area contributed by atoms with E-state index in [9.17, 15) is 9.59 Å². The van der Waals surface area contributed by atoms with Crippen molar-refractivity contribution in [2.75, 3.05) is 39.5 Å². The number of H-pyrrole nitrogens is 1. The number of ether oxygens (including phenoxy) is 2.